The smallest absolute Gasteiger partial charge is 0.274 e. The standard InChI is InChI=1S/C23H24N4O2/c1-14(2)19-10-5-6-11-20(19)27-22-13-21(24-16(4)25-22)23(29)26-18-9-7-8-17(12-18)15(3)28/h5-14H,1-4H3,(H,26,29)(H,24,25,27). The van der Waals surface area contributed by atoms with Crippen molar-refractivity contribution in [2.24, 2.45) is 0 Å². The zero-order chi connectivity index (χ0) is 21.0. The lowest BCUT2D eigenvalue weighted by molar-refractivity contribution is 0.100. The number of aromatic nitrogens is 2. The van der Waals surface area contributed by atoms with Gasteiger partial charge in [0.05, 0.1) is 0 Å². The largest absolute Gasteiger partial charge is 0.340 e. The Labute approximate surface area is 170 Å². The van der Waals surface area contributed by atoms with E-state index >= 15 is 0 Å². The third-order valence-corrected chi connectivity index (χ3v) is 4.44. The highest BCUT2D eigenvalue weighted by atomic mass is 16.2. The molecule has 0 atom stereocenters. The van der Waals surface area contributed by atoms with Crippen molar-refractivity contribution in [1.82, 2.24) is 9.97 Å². The summed E-state index contributed by atoms with van der Waals surface area (Å²) in [5.41, 5.74) is 3.43. The van der Waals surface area contributed by atoms with E-state index < -0.39 is 0 Å². The van der Waals surface area contributed by atoms with Crippen LogP contribution in [0.2, 0.25) is 0 Å². The van der Waals surface area contributed by atoms with Crippen LogP contribution in [0.5, 0.6) is 0 Å². The highest BCUT2D eigenvalue weighted by Gasteiger charge is 2.13. The molecule has 29 heavy (non-hydrogen) atoms. The minimum atomic E-state index is -0.364. The molecule has 0 saturated carbocycles. The maximum Gasteiger partial charge on any atom is 0.274 e. The number of anilines is 3. The Hall–Kier alpha value is -3.54. The molecule has 0 aliphatic rings. The summed E-state index contributed by atoms with van der Waals surface area (Å²) in [6.45, 7) is 7.48. The zero-order valence-corrected chi connectivity index (χ0v) is 17.0. The van der Waals surface area contributed by atoms with Crippen LogP contribution >= 0.6 is 0 Å². The highest BCUT2D eigenvalue weighted by molar-refractivity contribution is 6.04. The maximum absolute atomic E-state index is 12.7. The van der Waals surface area contributed by atoms with Crippen molar-refractivity contribution in [1.29, 1.82) is 0 Å². The van der Waals surface area contributed by atoms with Gasteiger partial charge in [0.2, 0.25) is 0 Å². The van der Waals surface area contributed by atoms with Crippen LogP contribution in [-0.2, 0) is 0 Å². The molecular formula is C23H24N4O2. The van der Waals surface area contributed by atoms with Crippen LogP contribution in [0.3, 0.4) is 0 Å². The van der Waals surface area contributed by atoms with E-state index in [-0.39, 0.29) is 17.4 Å². The van der Waals surface area contributed by atoms with Gasteiger partial charge in [-0.25, -0.2) is 9.97 Å². The summed E-state index contributed by atoms with van der Waals surface area (Å²) in [6.07, 6.45) is 0. The molecule has 6 nitrogen and oxygen atoms in total. The predicted molar refractivity (Wildman–Crippen MR) is 115 cm³/mol. The number of hydrogen-bond acceptors (Lipinski definition) is 5. The third-order valence-electron chi connectivity index (χ3n) is 4.44. The predicted octanol–water partition coefficient (Wildman–Crippen LogP) is 5.11. The van der Waals surface area contributed by atoms with Crippen LogP contribution in [0.15, 0.2) is 54.6 Å². The Morgan fingerprint density at radius 2 is 1.72 bits per heavy atom. The number of carbonyl (C=O) groups excluding carboxylic acids is 2. The van der Waals surface area contributed by atoms with Gasteiger partial charge in [-0.2, -0.15) is 0 Å². The number of carbonyl (C=O) groups is 2. The minimum absolute atomic E-state index is 0.0608. The number of nitrogens with zero attached hydrogens (tertiary/aromatic N) is 2. The van der Waals surface area contributed by atoms with Crippen molar-refractivity contribution in [2.45, 2.75) is 33.6 Å². The lowest BCUT2D eigenvalue weighted by atomic mass is 10.0. The Morgan fingerprint density at radius 1 is 0.966 bits per heavy atom. The topological polar surface area (TPSA) is 84.0 Å². The Bertz CT molecular complexity index is 1060. The van der Waals surface area contributed by atoms with Gasteiger partial charge in [0.15, 0.2) is 5.78 Å². The minimum Gasteiger partial charge on any atom is -0.340 e. The number of benzene rings is 2. The van der Waals surface area contributed by atoms with E-state index in [9.17, 15) is 9.59 Å². The molecule has 6 heteroatoms. The Kier molecular flexibility index (Phi) is 6.02. The fraction of sp³-hybridized carbons (Fsp3) is 0.217. The van der Waals surface area contributed by atoms with E-state index in [4.69, 9.17) is 0 Å². The second-order valence-electron chi connectivity index (χ2n) is 7.14. The number of Topliss-reactive ketones (excluding diaryl/α,β-unsaturated/α-hetero) is 1. The van der Waals surface area contributed by atoms with Crippen molar-refractivity contribution in [3.8, 4) is 0 Å². The molecule has 1 heterocycles. The molecule has 2 aromatic carbocycles. The molecule has 0 saturated heterocycles. The molecule has 0 radical (unpaired) electrons. The summed E-state index contributed by atoms with van der Waals surface area (Å²) in [7, 11) is 0. The van der Waals surface area contributed by atoms with E-state index in [2.05, 4.69) is 40.5 Å². The quantitative estimate of drug-likeness (QED) is 0.574. The van der Waals surface area contributed by atoms with Crippen LogP contribution in [-0.4, -0.2) is 21.7 Å². The molecule has 0 bridgehead atoms. The molecule has 148 valence electrons. The third kappa shape index (κ3) is 5.04. The van der Waals surface area contributed by atoms with E-state index in [1.165, 1.54) is 6.92 Å². The zero-order valence-electron chi connectivity index (χ0n) is 17.0. The van der Waals surface area contributed by atoms with Gasteiger partial charge in [-0.1, -0.05) is 44.2 Å². The van der Waals surface area contributed by atoms with Crippen LogP contribution in [0.25, 0.3) is 0 Å². The second-order valence-corrected chi connectivity index (χ2v) is 7.14. The first kappa shape index (κ1) is 20.2. The number of para-hydroxylation sites is 1. The maximum atomic E-state index is 12.7. The first-order valence-corrected chi connectivity index (χ1v) is 9.47. The van der Waals surface area contributed by atoms with E-state index in [0.29, 0.717) is 28.8 Å². The fourth-order valence-electron chi connectivity index (χ4n) is 3.01. The first-order chi connectivity index (χ1) is 13.8. The summed E-state index contributed by atoms with van der Waals surface area (Å²) in [4.78, 5) is 32.9. The second kappa shape index (κ2) is 8.65. The van der Waals surface area contributed by atoms with Crippen molar-refractivity contribution >= 4 is 28.9 Å². The lowest BCUT2D eigenvalue weighted by Crippen LogP contribution is -2.15. The highest BCUT2D eigenvalue weighted by Crippen LogP contribution is 2.26. The van der Waals surface area contributed by atoms with Crippen molar-refractivity contribution in [3.63, 3.8) is 0 Å². The summed E-state index contributed by atoms with van der Waals surface area (Å²) in [6, 6.07) is 16.4. The van der Waals surface area contributed by atoms with E-state index in [1.807, 2.05) is 18.2 Å². The molecule has 0 aliphatic carbocycles. The van der Waals surface area contributed by atoms with Crippen LogP contribution in [0, 0.1) is 6.92 Å². The average molecular weight is 388 g/mol. The first-order valence-electron chi connectivity index (χ1n) is 9.47. The fourth-order valence-corrected chi connectivity index (χ4v) is 3.01. The Morgan fingerprint density at radius 3 is 2.45 bits per heavy atom. The molecule has 1 amide bonds. The molecule has 2 N–H and O–H groups in total. The number of ketones is 1. The van der Waals surface area contributed by atoms with Gasteiger partial charge in [-0.05, 0) is 43.5 Å². The van der Waals surface area contributed by atoms with Gasteiger partial charge >= 0.3 is 0 Å². The summed E-state index contributed by atoms with van der Waals surface area (Å²) in [5.74, 6) is 0.955. The normalized spacial score (nSPS) is 10.7. The van der Waals surface area contributed by atoms with Gasteiger partial charge in [0.1, 0.15) is 17.3 Å². The number of aryl methyl sites for hydroxylation is 1. The van der Waals surface area contributed by atoms with Gasteiger partial charge in [0, 0.05) is 23.0 Å². The van der Waals surface area contributed by atoms with E-state index in [1.54, 1.807) is 37.3 Å². The molecule has 0 spiro atoms. The van der Waals surface area contributed by atoms with Gasteiger partial charge in [-0.15, -0.1) is 0 Å². The Balaban J connectivity index is 1.85. The van der Waals surface area contributed by atoms with Crippen LogP contribution in [0.1, 0.15) is 58.9 Å². The van der Waals surface area contributed by atoms with Gasteiger partial charge in [0.25, 0.3) is 5.91 Å². The number of rotatable bonds is 6. The van der Waals surface area contributed by atoms with E-state index in [0.717, 1.165) is 11.3 Å². The van der Waals surface area contributed by atoms with Crippen molar-refractivity contribution in [3.05, 3.63) is 77.2 Å². The van der Waals surface area contributed by atoms with Gasteiger partial charge < -0.3 is 10.6 Å². The van der Waals surface area contributed by atoms with Gasteiger partial charge in [-0.3, -0.25) is 9.59 Å². The SMILES string of the molecule is CC(=O)c1cccc(NC(=O)c2cc(Nc3ccccc3C(C)C)nc(C)n2)c1. The number of hydrogen-bond donors (Lipinski definition) is 2. The molecule has 0 aliphatic heterocycles. The van der Waals surface area contributed by atoms with Crippen LogP contribution < -0.4 is 10.6 Å². The average Bonchev–Trinajstić information content (AvgIpc) is 2.68. The summed E-state index contributed by atoms with van der Waals surface area (Å²) < 4.78 is 0. The molecule has 1 aromatic heterocycles. The number of amides is 1. The molecular weight excluding hydrogens is 364 g/mol. The molecule has 3 rings (SSSR count). The van der Waals surface area contributed by atoms with Crippen molar-refractivity contribution < 1.29 is 9.59 Å². The monoisotopic (exact) mass is 388 g/mol. The molecule has 0 unspecified atom stereocenters. The van der Waals surface area contributed by atoms with Crippen molar-refractivity contribution in [2.75, 3.05) is 10.6 Å². The summed E-state index contributed by atoms with van der Waals surface area (Å²) in [5, 5.41) is 6.09. The number of nitrogens with one attached hydrogen (secondary N) is 2. The summed E-state index contributed by atoms with van der Waals surface area (Å²) >= 11 is 0. The van der Waals surface area contributed by atoms with Crippen LogP contribution in [0.4, 0.5) is 17.2 Å². The molecule has 0 fully saturated rings. The lowest BCUT2D eigenvalue weighted by Gasteiger charge is -2.15. The molecule has 3 aromatic rings.